The van der Waals surface area contributed by atoms with E-state index in [9.17, 15) is 36.3 Å². The molecule has 31 heavy (non-hydrogen) atoms. The molecule has 0 spiro atoms. The molecule has 0 aliphatic rings. The number of nitro groups is 1. The Hall–Kier alpha value is -2.45. The van der Waals surface area contributed by atoms with Crippen molar-refractivity contribution in [2.24, 2.45) is 0 Å². The van der Waals surface area contributed by atoms with Gasteiger partial charge in [0.25, 0.3) is 5.69 Å². The highest BCUT2D eigenvalue weighted by Crippen LogP contribution is 2.37. The molecule has 0 bridgehead atoms. The molecule has 2 aromatic rings. The van der Waals surface area contributed by atoms with Gasteiger partial charge in [-0.1, -0.05) is 16.1 Å². The van der Waals surface area contributed by atoms with E-state index in [1.54, 1.807) is 0 Å². The van der Waals surface area contributed by atoms with Crippen molar-refractivity contribution in [2.45, 2.75) is 32.7 Å². The third-order valence-corrected chi connectivity index (χ3v) is 4.99. The minimum Gasteiger partial charge on any atom is -0.734 e. The zero-order valence-electron chi connectivity index (χ0n) is 15.9. The summed E-state index contributed by atoms with van der Waals surface area (Å²) >= 11 is 5.83. The highest BCUT2D eigenvalue weighted by molar-refractivity contribution is 7.83. The quantitative estimate of drug-likeness (QED) is 0.304. The Labute approximate surface area is 179 Å². The Morgan fingerprint density at radius 2 is 1.84 bits per heavy atom. The van der Waals surface area contributed by atoms with Gasteiger partial charge in [0.05, 0.1) is 21.1 Å². The molecule has 0 saturated heterocycles. The molecule has 2 aromatic carbocycles. The van der Waals surface area contributed by atoms with Gasteiger partial charge >= 0.3 is 6.18 Å². The van der Waals surface area contributed by atoms with Crippen LogP contribution in [-0.2, 0) is 27.9 Å². The first-order valence-corrected chi connectivity index (χ1v) is 10.1. The third-order valence-electron chi connectivity index (χ3n) is 3.72. The Morgan fingerprint density at radius 1 is 1.19 bits per heavy atom. The number of benzene rings is 2. The van der Waals surface area contributed by atoms with E-state index in [0.717, 1.165) is 24.3 Å². The van der Waals surface area contributed by atoms with Gasteiger partial charge in [0.2, 0.25) is 0 Å². The third kappa shape index (κ3) is 6.51. The molecule has 0 unspecified atom stereocenters. The highest BCUT2D eigenvalue weighted by atomic mass is 35.5. The molecular formula is C17H15ClF3N2O7S-. The maximum atomic E-state index is 12.7. The van der Waals surface area contributed by atoms with E-state index in [-0.39, 0.29) is 26.6 Å². The summed E-state index contributed by atoms with van der Waals surface area (Å²) in [6.45, 7) is 2.04. The first-order valence-electron chi connectivity index (χ1n) is 8.40. The van der Waals surface area contributed by atoms with Gasteiger partial charge in [0, 0.05) is 12.1 Å². The number of hydrogen-bond acceptors (Lipinski definition) is 7. The van der Waals surface area contributed by atoms with Crippen molar-refractivity contribution in [3.05, 3.63) is 62.7 Å². The van der Waals surface area contributed by atoms with Crippen LogP contribution in [0.25, 0.3) is 0 Å². The van der Waals surface area contributed by atoms with E-state index in [4.69, 9.17) is 21.2 Å². The van der Waals surface area contributed by atoms with Crippen molar-refractivity contribution < 1.29 is 40.6 Å². The molecule has 170 valence electrons. The number of hydrogen-bond donors (Lipinski definition) is 0. The second-order valence-corrected chi connectivity index (χ2v) is 8.00. The first kappa shape index (κ1) is 24.8. The second kappa shape index (κ2) is 9.36. The zero-order valence-corrected chi connectivity index (χ0v) is 17.5. The van der Waals surface area contributed by atoms with Gasteiger partial charge < -0.3 is 9.29 Å². The van der Waals surface area contributed by atoms with Crippen LogP contribution in [-0.4, -0.2) is 28.4 Å². The van der Waals surface area contributed by atoms with E-state index in [0.29, 0.717) is 6.07 Å². The topological polar surface area (TPSA) is 122 Å². The van der Waals surface area contributed by atoms with Crippen molar-refractivity contribution in [1.29, 1.82) is 0 Å². The summed E-state index contributed by atoms with van der Waals surface area (Å²) in [6, 6.07) is 4.81. The fourth-order valence-corrected chi connectivity index (χ4v) is 3.33. The molecule has 0 aliphatic heterocycles. The van der Waals surface area contributed by atoms with E-state index in [1.165, 1.54) is 19.9 Å². The molecule has 0 N–H and O–H groups in total. The van der Waals surface area contributed by atoms with Gasteiger partial charge in [-0.05, 0) is 44.2 Å². The second-order valence-electron chi connectivity index (χ2n) is 6.37. The summed E-state index contributed by atoms with van der Waals surface area (Å²) in [5, 5.41) is 10.9. The number of rotatable bonds is 8. The van der Waals surface area contributed by atoms with Crippen LogP contribution in [0.3, 0.4) is 0 Å². The van der Waals surface area contributed by atoms with Crippen LogP contribution in [0, 0.1) is 10.1 Å². The van der Waals surface area contributed by atoms with Crippen LogP contribution in [0.4, 0.5) is 18.9 Å². The Morgan fingerprint density at radius 3 is 2.32 bits per heavy atom. The summed E-state index contributed by atoms with van der Waals surface area (Å²) in [7, 11) is -5.00. The van der Waals surface area contributed by atoms with E-state index in [2.05, 4.69) is 0 Å². The average molecular weight is 484 g/mol. The van der Waals surface area contributed by atoms with E-state index < -0.39 is 45.3 Å². The number of ether oxygens (including phenoxy) is 1. The minimum absolute atomic E-state index is 0.0491. The summed E-state index contributed by atoms with van der Waals surface area (Å²) in [5.74, 6) is -0.201. The number of nitrogens with zero attached hydrogens (tertiary/aromatic N) is 2. The van der Waals surface area contributed by atoms with Crippen LogP contribution in [0.5, 0.6) is 11.5 Å². The zero-order chi connectivity index (χ0) is 23.6. The molecular weight excluding hydrogens is 469 g/mol. The van der Waals surface area contributed by atoms with Crippen molar-refractivity contribution in [1.82, 2.24) is 4.47 Å². The molecule has 0 saturated carbocycles. The van der Waals surface area contributed by atoms with Crippen LogP contribution >= 0.6 is 11.6 Å². The van der Waals surface area contributed by atoms with Crippen LogP contribution in [0.1, 0.15) is 25.0 Å². The molecule has 0 amide bonds. The molecule has 0 heterocycles. The standard InChI is InChI=1S/C17H16ClF3N2O7S/c1-10(2)23(31(26,27)28)29-9-11-7-13(4-5-15(11)22(24)25)30-16-6-3-12(8-14(16)18)17(19,20)21/h3-8,10H,9H2,1-2H3,(H,26,27,28)/p-1. The lowest BCUT2D eigenvalue weighted by atomic mass is 10.2. The summed E-state index contributed by atoms with van der Waals surface area (Å²) in [6.07, 6.45) is -4.61. The lowest BCUT2D eigenvalue weighted by molar-refractivity contribution is -0.386. The van der Waals surface area contributed by atoms with Gasteiger partial charge in [0.15, 0.2) is 10.3 Å². The molecule has 14 heteroatoms. The molecule has 0 aliphatic carbocycles. The molecule has 0 aromatic heterocycles. The Balaban J connectivity index is 2.32. The predicted octanol–water partition coefficient (Wildman–Crippen LogP) is 4.66. The van der Waals surface area contributed by atoms with Crippen molar-refractivity contribution in [3.63, 3.8) is 0 Å². The fourth-order valence-electron chi connectivity index (χ4n) is 2.41. The van der Waals surface area contributed by atoms with Crippen molar-refractivity contribution in [2.75, 3.05) is 0 Å². The SMILES string of the molecule is CC(C)N(OCc1cc(Oc2ccc(C(F)(F)F)cc2Cl)ccc1[N+](=O)[O-])S(=O)(=O)[O-]. The van der Waals surface area contributed by atoms with Gasteiger partial charge in [-0.3, -0.25) is 15.0 Å². The summed E-state index contributed by atoms with van der Waals surface area (Å²) < 4.78 is 77.5. The highest BCUT2D eigenvalue weighted by Gasteiger charge is 2.31. The lowest BCUT2D eigenvalue weighted by Crippen LogP contribution is -2.36. The number of alkyl halides is 3. The van der Waals surface area contributed by atoms with Crippen LogP contribution in [0.2, 0.25) is 5.02 Å². The van der Waals surface area contributed by atoms with Gasteiger partial charge in [-0.25, -0.2) is 8.42 Å². The smallest absolute Gasteiger partial charge is 0.416 e. The van der Waals surface area contributed by atoms with Crippen molar-refractivity contribution >= 4 is 27.6 Å². The Kier molecular flexibility index (Phi) is 7.49. The van der Waals surface area contributed by atoms with Gasteiger partial charge in [-0.15, -0.1) is 0 Å². The number of hydroxylamine groups is 1. The first-order chi connectivity index (χ1) is 14.2. The maximum Gasteiger partial charge on any atom is 0.416 e. The largest absolute Gasteiger partial charge is 0.734 e. The van der Waals surface area contributed by atoms with Crippen LogP contribution in [0.15, 0.2) is 36.4 Å². The maximum absolute atomic E-state index is 12.7. The predicted molar refractivity (Wildman–Crippen MR) is 101 cm³/mol. The summed E-state index contributed by atoms with van der Waals surface area (Å²) in [4.78, 5) is 15.4. The molecule has 0 radical (unpaired) electrons. The lowest BCUT2D eigenvalue weighted by Gasteiger charge is -2.27. The molecule has 2 rings (SSSR count). The number of nitro benzene ring substituents is 1. The van der Waals surface area contributed by atoms with Gasteiger partial charge in [0.1, 0.15) is 18.1 Å². The fraction of sp³-hybridized carbons (Fsp3) is 0.294. The monoisotopic (exact) mass is 483 g/mol. The van der Waals surface area contributed by atoms with Gasteiger partial charge in [-0.2, -0.15) is 13.2 Å². The number of halogens is 4. The van der Waals surface area contributed by atoms with E-state index in [1.807, 2.05) is 0 Å². The Bertz CT molecular complexity index is 1080. The molecule has 9 nitrogen and oxygen atoms in total. The molecule has 0 fully saturated rings. The minimum atomic E-state index is -5.00. The summed E-state index contributed by atoms with van der Waals surface area (Å²) in [5.41, 5.74) is -1.60. The molecule has 0 atom stereocenters. The van der Waals surface area contributed by atoms with E-state index >= 15 is 0 Å². The normalized spacial score (nSPS) is 12.4. The van der Waals surface area contributed by atoms with Crippen molar-refractivity contribution in [3.8, 4) is 11.5 Å². The van der Waals surface area contributed by atoms with Crippen LogP contribution < -0.4 is 4.74 Å². The average Bonchev–Trinajstić information content (AvgIpc) is 2.61.